The molecule has 2 saturated carbocycles. The normalized spacial score (nSPS) is 16.1. The molecule has 2 fully saturated rings. The van der Waals surface area contributed by atoms with Gasteiger partial charge in [-0.05, 0) is 61.4 Å². The van der Waals surface area contributed by atoms with Crippen LogP contribution in [0, 0.1) is 5.92 Å². The lowest BCUT2D eigenvalue weighted by Crippen LogP contribution is -2.32. The molecule has 0 saturated heterocycles. The molecule has 0 heterocycles. The van der Waals surface area contributed by atoms with Crippen LogP contribution in [-0.2, 0) is 6.54 Å². The Balaban J connectivity index is 1.44. The van der Waals surface area contributed by atoms with Crippen LogP contribution in [0.3, 0.4) is 0 Å². The van der Waals surface area contributed by atoms with Gasteiger partial charge in [-0.15, -0.1) is 0 Å². The van der Waals surface area contributed by atoms with Crippen molar-refractivity contribution < 1.29 is 19.0 Å². The molecule has 0 atom stereocenters. The molecule has 0 N–H and O–H groups in total. The summed E-state index contributed by atoms with van der Waals surface area (Å²) < 4.78 is 16.5. The average molecular weight is 395 g/mol. The van der Waals surface area contributed by atoms with E-state index in [9.17, 15) is 4.79 Å². The lowest BCUT2D eigenvalue weighted by molar-refractivity contribution is 0.0729. The molecule has 0 spiro atoms. The Morgan fingerprint density at radius 1 is 0.931 bits per heavy atom. The highest BCUT2D eigenvalue weighted by Gasteiger charge is 2.33. The van der Waals surface area contributed by atoms with Crippen molar-refractivity contribution in [1.82, 2.24) is 4.90 Å². The van der Waals surface area contributed by atoms with E-state index in [1.165, 1.54) is 19.3 Å². The van der Waals surface area contributed by atoms with Crippen molar-refractivity contribution in [1.29, 1.82) is 0 Å². The maximum absolute atomic E-state index is 13.2. The van der Waals surface area contributed by atoms with Gasteiger partial charge in [-0.2, -0.15) is 0 Å². The van der Waals surface area contributed by atoms with Gasteiger partial charge < -0.3 is 19.1 Å². The average Bonchev–Trinajstić information content (AvgIpc) is 3.56. The van der Waals surface area contributed by atoms with Crippen LogP contribution in [0.1, 0.15) is 48.0 Å². The molecule has 5 heteroatoms. The summed E-state index contributed by atoms with van der Waals surface area (Å²) in [5, 5.41) is 0. The van der Waals surface area contributed by atoms with Gasteiger partial charge in [-0.25, -0.2) is 0 Å². The minimum Gasteiger partial charge on any atom is -0.497 e. The van der Waals surface area contributed by atoms with E-state index in [2.05, 4.69) is 12.1 Å². The summed E-state index contributed by atoms with van der Waals surface area (Å²) >= 11 is 0. The first-order valence-electron chi connectivity index (χ1n) is 10.4. The van der Waals surface area contributed by atoms with Crippen LogP contribution in [0.2, 0.25) is 0 Å². The summed E-state index contributed by atoms with van der Waals surface area (Å²) in [4.78, 5) is 15.2. The quantitative estimate of drug-likeness (QED) is 0.618. The number of ether oxygens (including phenoxy) is 3. The van der Waals surface area contributed by atoms with Crippen LogP contribution < -0.4 is 14.2 Å². The van der Waals surface area contributed by atoms with E-state index >= 15 is 0 Å². The molecule has 2 aliphatic carbocycles. The first-order chi connectivity index (χ1) is 14.2. The molecular formula is C24H29NO4. The Labute approximate surface area is 172 Å². The van der Waals surface area contributed by atoms with Crippen LogP contribution >= 0.6 is 0 Å². The molecule has 5 nitrogen and oxygen atoms in total. The summed E-state index contributed by atoms with van der Waals surface area (Å²) in [5.74, 6) is 2.88. The monoisotopic (exact) mass is 395 g/mol. The molecular weight excluding hydrogens is 366 g/mol. The highest BCUT2D eigenvalue weighted by atomic mass is 16.5. The SMILES string of the molecule is COc1cc(OC)cc(C(=O)N(Cc2ccc(OCC3CCC3)cc2)C2CC2)c1. The molecule has 0 radical (unpaired) electrons. The lowest BCUT2D eigenvalue weighted by atomic mass is 9.86. The third-order valence-electron chi connectivity index (χ3n) is 5.83. The van der Waals surface area contributed by atoms with Gasteiger partial charge in [-0.3, -0.25) is 4.79 Å². The lowest BCUT2D eigenvalue weighted by Gasteiger charge is -2.25. The molecule has 0 aromatic heterocycles. The predicted octanol–water partition coefficient (Wildman–Crippen LogP) is 4.69. The van der Waals surface area contributed by atoms with Crippen LogP contribution in [0.15, 0.2) is 42.5 Å². The van der Waals surface area contributed by atoms with Crippen molar-refractivity contribution in [3.05, 3.63) is 53.6 Å². The largest absolute Gasteiger partial charge is 0.497 e. The number of hydrogen-bond donors (Lipinski definition) is 0. The van der Waals surface area contributed by atoms with Crippen LogP contribution in [0.5, 0.6) is 17.2 Å². The fourth-order valence-corrected chi connectivity index (χ4v) is 3.61. The van der Waals surface area contributed by atoms with E-state index in [1.54, 1.807) is 32.4 Å². The van der Waals surface area contributed by atoms with E-state index in [0.717, 1.165) is 36.7 Å². The number of benzene rings is 2. The van der Waals surface area contributed by atoms with Crippen molar-refractivity contribution in [2.24, 2.45) is 5.92 Å². The topological polar surface area (TPSA) is 48.0 Å². The van der Waals surface area contributed by atoms with Crippen molar-refractivity contribution >= 4 is 5.91 Å². The molecule has 154 valence electrons. The number of amides is 1. The zero-order valence-electron chi connectivity index (χ0n) is 17.2. The second kappa shape index (κ2) is 8.76. The van der Waals surface area contributed by atoms with E-state index < -0.39 is 0 Å². The van der Waals surface area contributed by atoms with Gasteiger partial charge in [0.25, 0.3) is 5.91 Å². The Bertz CT molecular complexity index is 818. The maximum atomic E-state index is 13.2. The third kappa shape index (κ3) is 4.84. The number of carbonyl (C=O) groups is 1. The van der Waals surface area contributed by atoms with E-state index in [4.69, 9.17) is 14.2 Å². The summed E-state index contributed by atoms with van der Waals surface area (Å²) in [6, 6.07) is 13.8. The van der Waals surface area contributed by atoms with Crippen LogP contribution in [0.4, 0.5) is 0 Å². The van der Waals surface area contributed by atoms with Gasteiger partial charge in [0.15, 0.2) is 0 Å². The van der Waals surface area contributed by atoms with E-state index in [0.29, 0.717) is 29.6 Å². The Hall–Kier alpha value is -2.69. The van der Waals surface area contributed by atoms with Crippen molar-refractivity contribution in [2.75, 3.05) is 20.8 Å². The van der Waals surface area contributed by atoms with Gasteiger partial charge in [0.05, 0.1) is 20.8 Å². The molecule has 2 aliphatic rings. The highest BCUT2D eigenvalue weighted by Crippen LogP contribution is 2.32. The zero-order chi connectivity index (χ0) is 20.2. The molecule has 2 aromatic rings. The van der Waals surface area contributed by atoms with Crippen molar-refractivity contribution in [3.63, 3.8) is 0 Å². The number of methoxy groups -OCH3 is 2. The summed E-state index contributed by atoms with van der Waals surface area (Å²) in [6.07, 6.45) is 6.00. The molecule has 29 heavy (non-hydrogen) atoms. The molecule has 0 unspecified atom stereocenters. The Morgan fingerprint density at radius 3 is 2.10 bits per heavy atom. The number of rotatable bonds is 9. The van der Waals surface area contributed by atoms with Gasteiger partial charge in [0.2, 0.25) is 0 Å². The maximum Gasteiger partial charge on any atom is 0.254 e. The van der Waals surface area contributed by atoms with Gasteiger partial charge >= 0.3 is 0 Å². The number of hydrogen-bond acceptors (Lipinski definition) is 4. The summed E-state index contributed by atoms with van der Waals surface area (Å²) in [7, 11) is 3.19. The smallest absolute Gasteiger partial charge is 0.254 e. The predicted molar refractivity (Wildman–Crippen MR) is 112 cm³/mol. The van der Waals surface area contributed by atoms with Gasteiger partial charge in [-0.1, -0.05) is 18.6 Å². The van der Waals surface area contributed by atoms with Crippen LogP contribution in [-0.4, -0.2) is 37.7 Å². The molecule has 0 aliphatic heterocycles. The summed E-state index contributed by atoms with van der Waals surface area (Å²) in [6.45, 7) is 1.40. The first-order valence-corrected chi connectivity index (χ1v) is 10.4. The molecule has 1 amide bonds. The van der Waals surface area contributed by atoms with E-state index in [1.807, 2.05) is 17.0 Å². The van der Waals surface area contributed by atoms with Crippen molar-refractivity contribution in [3.8, 4) is 17.2 Å². The highest BCUT2D eigenvalue weighted by molar-refractivity contribution is 5.95. The first kappa shape index (κ1) is 19.6. The van der Waals surface area contributed by atoms with Gasteiger partial charge in [0, 0.05) is 24.2 Å². The zero-order valence-corrected chi connectivity index (χ0v) is 17.2. The summed E-state index contributed by atoms with van der Waals surface area (Å²) in [5.41, 5.74) is 1.70. The minimum atomic E-state index is 0.00927. The third-order valence-corrected chi connectivity index (χ3v) is 5.83. The van der Waals surface area contributed by atoms with E-state index in [-0.39, 0.29) is 5.91 Å². The minimum absolute atomic E-state index is 0.00927. The molecule has 4 rings (SSSR count). The second-order valence-electron chi connectivity index (χ2n) is 8.02. The second-order valence-corrected chi connectivity index (χ2v) is 8.02. The number of carbonyl (C=O) groups excluding carboxylic acids is 1. The number of nitrogens with zero attached hydrogens (tertiary/aromatic N) is 1. The fourth-order valence-electron chi connectivity index (χ4n) is 3.61. The van der Waals surface area contributed by atoms with Crippen LogP contribution in [0.25, 0.3) is 0 Å². The molecule has 2 aromatic carbocycles. The Morgan fingerprint density at radius 2 is 1.59 bits per heavy atom. The fraction of sp³-hybridized carbons (Fsp3) is 0.458. The van der Waals surface area contributed by atoms with Crippen molar-refractivity contribution in [2.45, 2.75) is 44.7 Å². The van der Waals surface area contributed by atoms with Gasteiger partial charge in [0.1, 0.15) is 17.2 Å². The Kier molecular flexibility index (Phi) is 5.93. The standard InChI is InChI=1S/C24H29NO4/c1-27-22-12-19(13-23(14-22)28-2)24(26)25(20-8-9-20)15-17-6-10-21(11-7-17)29-16-18-4-3-5-18/h6-7,10-14,18,20H,3-5,8-9,15-16H2,1-2H3. The molecule has 0 bridgehead atoms.